The summed E-state index contributed by atoms with van der Waals surface area (Å²) < 4.78 is 0. The van der Waals surface area contributed by atoms with E-state index in [4.69, 9.17) is 5.73 Å². The molecular weight excluding hydrogens is 382 g/mol. The molecule has 0 aliphatic carbocycles. The molecule has 2 aromatic carbocycles. The molecule has 3 rings (SSSR count). The molecule has 1 atom stereocenters. The molecule has 0 spiro atoms. The Labute approximate surface area is 176 Å². The van der Waals surface area contributed by atoms with E-state index in [0.717, 1.165) is 11.1 Å². The van der Waals surface area contributed by atoms with Crippen LogP contribution in [0.15, 0.2) is 60.7 Å². The number of carbonyl (C=O) groups excluding carboxylic acids is 3. The summed E-state index contributed by atoms with van der Waals surface area (Å²) in [5.74, 6) is -0.471. The molecule has 1 aliphatic heterocycles. The van der Waals surface area contributed by atoms with Crippen molar-refractivity contribution >= 4 is 17.8 Å². The Hall–Kier alpha value is -3.23. The largest absolute Gasteiger partial charge is 0.351 e. The van der Waals surface area contributed by atoms with Crippen LogP contribution in [0.5, 0.6) is 0 Å². The highest BCUT2D eigenvalue weighted by molar-refractivity contribution is 5.96. The van der Waals surface area contributed by atoms with E-state index in [9.17, 15) is 14.4 Å². The average Bonchev–Trinajstić information content (AvgIpc) is 2.75. The van der Waals surface area contributed by atoms with Crippen molar-refractivity contribution in [1.29, 1.82) is 0 Å². The van der Waals surface area contributed by atoms with Crippen LogP contribution in [-0.2, 0) is 16.1 Å². The smallest absolute Gasteiger partial charge is 0.318 e. The second-order valence-corrected chi connectivity index (χ2v) is 7.24. The predicted octanol–water partition coefficient (Wildman–Crippen LogP) is 0.857. The zero-order chi connectivity index (χ0) is 21.3. The number of rotatable bonds is 7. The molecule has 8 heteroatoms. The first-order valence-corrected chi connectivity index (χ1v) is 9.95. The quantitative estimate of drug-likeness (QED) is 0.629. The molecule has 0 radical (unpaired) electrons. The molecule has 1 saturated heterocycles. The summed E-state index contributed by atoms with van der Waals surface area (Å²) in [4.78, 5) is 40.1. The zero-order valence-corrected chi connectivity index (χ0v) is 16.8. The predicted molar refractivity (Wildman–Crippen MR) is 113 cm³/mol. The summed E-state index contributed by atoms with van der Waals surface area (Å²) in [6.45, 7) is 3.29. The van der Waals surface area contributed by atoms with Crippen molar-refractivity contribution in [1.82, 2.24) is 20.4 Å². The van der Waals surface area contributed by atoms with Gasteiger partial charge in [-0.3, -0.25) is 24.7 Å². The van der Waals surface area contributed by atoms with Crippen molar-refractivity contribution in [3.05, 3.63) is 71.8 Å². The first-order chi connectivity index (χ1) is 14.5. The Morgan fingerprint density at radius 3 is 2.10 bits per heavy atom. The highest BCUT2D eigenvalue weighted by atomic mass is 16.2. The van der Waals surface area contributed by atoms with E-state index in [2.05, 4.69) is 15.5 Å². The number of nitrogens with one attached hydrogen (secondary N) is 2. The van der Waals surface area contributed by atoms with Gasteiger partial charge in [0.15, 0.2) is 0 Å². The van der Waals surface area contributed by atoms with Crippen LogP contribution in [0, 0.1) is 0 Å². The summed E-state index contributed by atoms with van der Waals surface area (Å²) in [7, 11) is 0. The van der Waals surface area contributed by atoms with E-state index in [1.54, 1.807) is 0 Å². The topological polar surface area (TPSA) is 108 Å². The lowest BCUT2D eigenvalue weighted by Gasteiger charge is -2.38. The van der Waals surface area contributed by atoms with E-state index in [0.29, 0.717) is 39.3 Å². The van der Waals surface area contributed by atoms with Crippen LogP contribution in [0.25, 0.3) is 0 Å². The van der Waals surface area contributed by atoms with Crippen LogP contribution in [0.1, 0.15) is 17.2 Å². The van der Waals surface area contributed by atoms with Gasteiger partial charge in [-0.15, -0.1) is 0 Å². The number of urea groups is 1. The molecule has 158 valence electrons. The van der Waals surface area contributed by atoms with E-state index >= 15 is 0 Å². The molecule has 0 aromatic heterocycles. The number of nitrogens with zero attached hydrogens (tertiary/aromatic N) is 2. The van der Waals surface area contributed by atoms with Crippen LogP contribution in [0.2, 0.25) is 0 Å². The number of hydrogen-bond donors (Lipinski definition) is 3. The number of benzene rings is 2. The second-order valence-electron chi connectivity index (χ2n) is 7.24. The SMILES string of the molecule is NC(=O)NC(=O)C(c1ccccc1)N1CCN(CC(=O)NCc2ccccc2)CC1. The molecule has 1 aliphatic rings. The van der Waals surface area contributed by atoms with Crippen LogP contribution in [0.3, 0.4) is 0 Å². The van der Waals surface area contributed by atoms with Crippen molar-refractivity contribution in [2.45, 2.75) is 12.6 Å². The third kappa shape index (κ3) is 6.13. The summed E-state index contributed by atoms with van der Waals surface area (Å²) >= 11 is 0. The first-order valence-electron chi connectivity index (χ1n) is 9.95. The Bertz CT molecular complexity index is 852. The molecule has 30 heavy (non-hydrogen) atoms. The number of nitrogens with two attached hydrogens (primary N) is 1. The highest BCUT2D eigenvalue weighted by Gasteiger charge is 2.31. The van der Waals surface area contributed by atoms with E-state index < -0.39 is 18.0 Å². The fourth-order valence-corrected chi connectivity index (χ4v) is 3.59. The van der Waals surface area contributed by atoms with Gasteiger partial charge in [-0.25, -0.2) is 4.79 Å². The number of imide groups is 1. The molecule has 8 nitrogen and oxygen atoms in total. The molecule has 1 unspecified atom stereocenters. The lowest BCUT2D eigenvalue weighted by atomic mass is 10.0. The van der Waals surface area contributed by atoms with Gasteiger partial charge in [0.2, 0.25) is 11.8 Å². The Kier molecular flexibility index (Phi) is 7.53. The summed E-state index contributed by atoms with van der Waals surface area (Å²) in [6, 6.07) is 17.6. The normalized spacial score (nSPS) is 15.9. The Morgan fingerprint density at radius 1 is 0.900 bits per heavy atom. The van der Waals surface area contributed by atoms with Crippen LogP contribution >= 0.6 is 0 Å². The van der Waals surface area contributed by atoms with Crippen molar-refractivity contribution in [3.63, 3.8) is 0 Å². The third-order valence-corrected chi connectivity index (χ3v) is 5.08. The van der Waals surface area contributed by atoms with Crippen molar-refractivity contribution in [2.24, 2.45) is 5.73 Å². The number of piperazine rings is 1. The van der Waals surface area contributed by atoms with Crippen LogP contribution in [-0.4, -0.2) is 60.4 Å². The van der Waals surface area contributed by atoms with E-state index in [1.165, 1.54) is 0 Å². The molecule has 1 fully saturated rings. The minimum atomic E-state index is -0.866. The maximum absolute atomic E-state index is 12.6. The molecule has 1 heterocycles. The standard InChI is InChI=1S/C22H27N5O3/c23-22(30)25-21(29)20(18-9-5-2-6-10-18)27-13-11-26(12-14-27)16-19(28)24-15-17-7-3-1-4-8-17/h1-10,20H,11-16H2,(H,24,28)(H3,23,25,29,30). The molecule has 0 bridgehead atoms. The van der Waals surface area contributed by atoms with Gasteiger partial charge >= 0.3 is 6.03 Å². The number of primary amides is 1. The number of hydrogen-bond acceptors (Lipinski definition) is 5. The van der Waals surface area contributed by atoms with E-state index in [1.807, 2.05) is 65.6 Å². The van der Waals surface area contributed by atoms with Crippen molar-refractivity contribution in [2.75, 3.05) is 32.7 Å². The molecule has 4 amide bonds. The molecular formula is C22H27N5O3. The summed E-state index contributed by atoms with van der Waals surface area (Å²) in [6.07, 6.45) is 0. The van der Waals surface area contributed by atoms with Gasteiger partial charge in [-0.05, 0) is 11.1 Å². The lowest BCUT2D eigenvalue weighted by molar-refractivity contribution is -0.127. The van der Waals surface area contributed by atoms with Gasteiger partial charge in [0.1, 0.15) is 6.04 Å². The third-order valence-electron chi connectivity index (χ3n) is 5.08. The Balaban J connectivity index is 1.53. The lowest BCUT2D eigenvalue weighted by Crippen LogP contribution is -2.53. The van der Waals surface area contributed by atoms with Crippen LogP contribution < -0.4 is 16.4 Å². The van der Waals surface area contributed by atoms with E-state index in [-0.39, 0.29) is 5.91 Å². The summed E-state index contributed by atoms with van der Waals surface area (Å²) in [5, 5.41) is 5.13. The van der Waals surface area contributed by atoms with Gasteiger partial charge < -0.3 is 11.1 Å². The Morgan fingerprint density at radius 2 is 1.50 bits per heavy atom. The maximum atomic E-state index is 12.6. The van der Waals surface area contributed by atoms with Gasteiger partial charge in [0.25, 0.3) is 0 Å². The minimum absolute atomic E-state index is 0.0293. The zero-order valence-electron chi connectivity index (χ0n) is 16.8. The van der Waals surface area contributed by atoms with Gasteiger partial charge in [0.05, 0.1) is 6.54 Å². The average molecular weight is 409 g/mol. The second kappa shape index (κ2) is 10.5. The van der Waals surface area contributed by atoms with Crippen molar-refractivity contribution in [3.8, 4) is 0 Å². The molecule has 4 N–H and O–H groups in total. The van der Waals surface area contributed by atoms with Crippen LogP contribution in [0.4, 0.5) is 4.79 Å². The molecule has 0 saturated carbocycles. The van der Waals surface area contributed by atoms with Crippen molar-refractivity contribution < 1.29 is 14.4 Å². The van der Waals surface area contributed by atoms with Gasteiger partial charge in [0, 0.05) is 32.7 Å². The number of amides is 4. The monoisotopic (exact) mass is 409 g/mol. The summed E-state index contributed by atoms with van der Waals surface area (Å²) in [5.41, 5.74) is 7.00. The number of carbonyl (C=O) groups is 3. The first kappa shape index (κ1) is 21.5. The van der Waals surface area contributed by atoms with Gasteiger partial charge in [-0.1, -0.05) is 60.7 Å². The molecule has 2 aromatic rings. The maximum Gasteiger partial charge on any atom is 0.318 e. The minimum Gasteiger partial charge on any atom is -0.351 e. The fraction of sp³-hybridized carbons (Fsp3) is 0.318. The fourth-order valence-electron chi connectivity index (χ4n) is 3.59. The highest BCUT2D eigenvalue weighted by Crippen LogP contribution is 2.22. The van der Waals surface area contributed by atoms with Gasteiger partial charge in [-0.2, -0.15) is 0 Å².